The maximum atomic E-state index is 11.5. The summed E-state index contributed by atoms with van der Waals surface area (Å²) < 4.78 is 7.78. The van der Waals surface area contributed by atoms with Gasteiger partial charge in [0.2, 0.25) is 0 Å². The molecule has 24 heavy (non-hydrogen) atoms. The second-order valence-corrected chi connectivity index (χ2v) is 5.69. The highest BCUT2D eigenvalue weighted by Gasteiger charge is 2.12. The van der Waals surface area contributed by atoms with Crippen molar-refractivity contribution in [3.05, 3.63) is 71.5 Å². The van der Waals surface area contributed by atoms with Crippen LogP contribution in [0.15, 0.2) is 54.9 Å². The Kier molecular flexibility index (Phi) is 4.75. The minimum absolute atomic E-state index is 0.440. The number of benzene rings is 2. The predicted octanol–water partition coefficient (Wildman–Crippen LogP) is 4.27. The molecule has 3 rings (SSSR count). The third-order valence-corrected chi connectivity index (χ3v) is 3.95. The average Bonchev–Trinajstić information content (AvgIpc) is 3.10. The topological polar surface area (TPSA) is 44.1 Å². The van der Waals surface area contributed by atoms with Crippen LogP contribution >= 0.6 is 0 Å². The van der Waals surface area contributed by atoms with Crippen LogP contribution in [0.25, 0.3) is 11.1 Å². The van der Waals surface area contributed by atoms with E-state index in [2.05, 4.69) is 5.10 Å². The second-order valence-electron chi connectivity index (χ2n) is 5.69. The Labute approximate surface area is 141 Å². The van der Waals surface area contributed by atoms with E-state index in [4.69, 9.17) is 4.74 Å². The molecule has 0 aliphatic carbocycles. The molecule has 0 unspecified atom stereocenters. The molecule has 0 N–H and O–H groups in total. The van der Waals surface area contributed by atoms with Crippen LogP contribution in [-0.4, -0.2) is 16.1 Å². The van der Waals surface area contributed by atoms with Gasteiger partial charge in [0.05, 0.1) is 11.8 Å². The summed E-state index contributed by atoms with van der Waals surface area (Å²) in [5, 5.41) is 4.29. The number of hydrogen-bond acceptors (Lipinski definition) is 3. The first-order valence-electron chi connectivity index (χ1n) is 8.00. The van der Waals surface area contributed by atoms with Crippen molar-refractivity contribution in [2.75, 3.05) is 0 Å². The highest BCUT2D eigenvalue weighted by Crippen LogP contribution is 2.30. The molecule has 0 saturated carbocycles. The van der Waals surface area contributed by atoms with E-state index in [-0.39, 0.29) is 0 Å². The van der Waals surface area contributed by atoms with E-state index >= 15 is 0 Å². The van der Waals surface area contributed by atoms with Gasteiger partial charge < -0.3 is 4.74 Å². The molecule has 122 valence electrons. The third kappa shape index (κ3) is 3.38. The molecular formula is C20H20N2O2. The quantitative estimate of drug-likeness (QED) is 0.637. The van der Waals surface area contributed by atoms with Gasteiger partial charge in [-0.05, 0) is 42.7 Å². The summed E-state index contributed by atoms with van der Waals surface area (Å²) in [6, 6.07) is 13.8. The van der Waals surface area contributed by atoms with Crippen molar-refractivity contribution >= 4 is 6.29 Å². The zero-order valence-electron chi connectivity index (χ0n) is 13.9. The van der Waals surface area contributed by atoms with Crippen LogP contribution in [0.2, 0.25) is 0 Å². The van der Waals surface area contributed by atoms with Crippen LogP contribution in [0.5, 0.6) is 5.75 Å². The van der Waals surface area contributed by atoms with Crippen molar-refractivity contribution in [2.45, 2.75) is 27.0 Å². The van der Waals surface area contributed by atoms with E-state index in [0.717, 1.165) is 35.1 Å². The number of hydrogen-bond donors (Lipinski definition) is 0. The monoisotopic (exact) mass is 320 g/mol. The number of rotatable bonds is 6. The first-order valence-corrected chi connectivity index (χ1v) is 8.00. The normalized spacial score (nSPS) is 10.6. The lowest BCUT2D eigenvalue weighted by Gasteiger charge is -2.13. The molecular weight excluding hydrogens is 300 g/mol. The van der Waals surface area contributed by atoms with E-state index in [9.17, 15) is 4.79 Å². The van der Waals surface area contributed by atoms with Gasteiger partial charge in [-0.25, -0.2) is 0 Å². The minimum Gasteiger partial charge on any atom is -0.488 e. The lowest BCUT2D eigenvalue weighted by atomic mass is 10.0. The lowest BCUT2D eigenvalue weighted by molar-refractivity contribution is 0.111. The van der Waals surface area contributed by atoms with Gasteiger partial charge in [0, 0.05) is 18.3 Å². The Balaban J connectivity index is 1.89. The van der Waals surface area contributed by atoms with Gasteiger partial charge in [0.15, 0.2) is 6.29 Å². The number of carbonyl (C=O) groups excluding carboxylic acids is 1. The van der Waals surface area contributed by atoms with E-state index < -0.39 is 0 Å². The van der Waals surface area contributed by atoms with Gasteiger partial charge in [-0.3, -0.25) is 9.48 Å². The summed E-state index contributed by atoms with van der Waals surface area (Å²) in [7, 11) is 0. The van der Waals surface area contributed by atoms with Gasteiger partial charge in [-0.1, -0.05) is 30.3 Å². The van der Waals surface area contributed by atoms with Crippen molar-refractivity contribution < 1.29 is 9.53 Å². The maximum absolute atomic E-state index is 11.5. The first kappa shape index (κ1) is 16.0. The SMILES string of the molecule is CCn1cc(-c2cc(C)c(OCc3ccccc3)c(C=O)c2)cn1. The third-order valence-electron chi connectivity index (χ3n) is 3.95. The maximum Gasteiger partial charge on any atom is 0.153 e. The molecule has 0 saturated heterocycles. The van der Waals surface area contributed by atoms with Crippen molar-refractivity contribution in [1.82, 2.24) is 9.78 Å². The van der Waals surface area contributed by atoms with Crippen LogP contribution in [-0.2, 0) is 13.2 Å². The summed E-state index contributed by atoms with van der Waals surface area (Å²) >= 11 is 0. The second kappa shape index (κ2) is 7.13. The highest BCUT2D eigenvalue weighted by atomic mass is 16.5. The largest absolute Gasteiger partial charge is 0.488 e. The van der Waals surface area contributed by atoms with E-state index in [1.165, 1.54) is 0 Å². The molecule has 2 aromatic carbocycles. The summed E-state index contributed by atoms with van der Waals surface area (Å²) in [5.41, 5.74) is 4.54. The number of aromatic nitrogens is 2. The lowest BCUT2D eigenvalue weighted by Crippen LogP contribution is -2.01. The average molecular weight is 320 g/mol. The molecule has 0 amide bonds. The summed E-state index contributed by atoms with van der Waals surface area (Å²) in [4.78, 5) is 11.5. The fourth-order valence-electron chi connectivity index (χ4n) is 2.67. The van der Waals surface area contributed by atoms with Crippen molar-refractivity contribution in [3.8, 4) is 16.9 Å². The van der Waals surface area contributed by atoms with Gasteiger partial charge in [-0.15, -0.1) is 0 Å². The molecule has 0 radical (unpaired) electrons. The van der Waals surface area contributed by atoms with E-state index in [0.29, 0.717) is 17.9 Å². The fourth-order valence-corrected chi connectivity index (χ4v) is 2.67. The highest BCUT2D eigenvalue weighted by molar-refractivity contribution is 5.84. The fraction of sp³-hybridized carbons (Fsp3) is 0.200. The smallest absolute Gasteiger partial charge is 0.153 e. The van der Waals surface area contributed by atoms with Gasteiger partial charge >= 0.3 is 0 Å². The molecule has 0 fully saturated rings. The molecule has 3 aromatic rings. The van der Waals surface area contributed by atoms with E-state index in [1.54, 1.807) is 0 Å². The molecule has 0 aliphatic rings. The number of carbonyl (C=O) groups is 1. The molecule has 0 spiro atoms. The zero-order valence-corrected chi connectivity index (χ0v) is 13.9. The number of aryl methyl sites for hydroxylation is 2. The number of nitrogens with zero attached hydrogens (tertiary/aromatic N) is 2. The van der Waals surface area contributed by atoms with Crippen molar-refractivity contribution in [1.29, 1.82) is 0 Å². The zero-order chi connectivity index (χ0) is 16.9. The van der Waals surface area contributed by atoms with Crippen LogP contribution in [0.3, 0.4) is 0 Å². The molecule has 4 nitrogen and oxygen atoms in total. The molecule has 0 atom stereocenters. The summed E-state index contributed by atoms with van der Waals surface area (Å²) in [6.45, 7) is 5.26. The van der Waals surface area contributed by atoms with Crippen molar-refractivity contribution in [3.63, 3.8) is 0 Å². The standard InChI is InChI=1S/C20H20N2O2/c1-3-22-12-19(11-21-22)17-9-15(2)20(18(10-17)13-23)24-14-16-7-5-4-6-8-16/h4-13H,3,14H2,1-2H3. The Morgan fingerprint density at radius 1 is 1.17 bits per heavy atom. The number of aldehydes is 1. The molecule has 1 aromatic heterocycles. The Bertz CT molecular complexity index is 838. The predicted molar refractivity (Wildman–Crippen MR) is 94.2 cm³/mol. The van der Waals surface area contributed by atoms with Gasteiger partial charge in [0.1, 0.15) is 12.4 Å². The first-order chi connectivity index (χ1) is 11.7. The Hall–Kier alpha value is -2.88. The molecule has 0 aliphatic heterocycles. The van der Waals surface area contributed by atoms with Gasteiger partial charge in [-0.2, -0.15) is 5.10 Å². The molecule has 0 bridgehead atoms. The number of ether oxygens (including phenoxy) is 1. The molecule has 4 heteroatoms. The van der Waals surface area contributed by atoms with Crippen LogP contribution in [0.1, 0.15) is 28.4 Å². The Morgan fingerprint density at radius 3 is 2.62 bits per heavy atom. The van der Waals surface area contributed by atoms with Crippen LogP contribution < -0.4 is 4.74 Å². The van der Waals surface area contributed by atoms with Crippen LogP contribution in [0, 0.1) is 6.92 Å². The van der Waals surface area contributed by atoms with Crippen LogP contribution in [0.4, 0.5) is 0 Å². The van der Waals surface area contributed by atoms with E-state index in [1.807, 2.05) is 73.4 Å². The van der Waals surface area contributed by atoms with Gasteiger partial charge in [0.25, 0.3) is 0 Å². The van der Waals surface area contributed by atoms with Crippen molar-refractivity contribution in [2.24, 2.45) is 0 Å². The Morgan fingerprint density at radius 2 is 1.96 bits per heavy atom. The molecule has 1 heterocycles. The summed E-state index contributed by atoms with van der Waals surface area (Å²) in [6.07, 6.45) is 4.65. The minimum atomic E-state index is 0.440. The summed E-state index contributed by atoms with van der Waals surface area (Å²) in [5.74, 6) is 0.639.